The third-order valence-corrected chi connectivity index (χ3v) is 4.22. The van der Waals surface area contributed by atoms with Gasteiger partial charge in [-0.2, -0.15) is 0 Å². The maximum Gasteiger partial charge on any atom is 0.127 e. The Morgan fingerprint density at radius 3 is 2.81 bits per heavy atom. The largest absolute Gasteiger partial charge is 0.497 e. The highest BCUT2D eigenvalue weighted by Gasteiger charge is 2.23. The molecular weight excluding hydrogens is 266 g/mol. The molecule has 0 radical (unpaired) electrons. The van der Waals surface area contributed by atoms with Gasteiger partial charge in [0.1, 0.15) is 11.5 Å². The Morgan fingerprint density at radius 2 is 2.14 bits per heavy atom. The maximum atomic E-state index is 5.74. The van der Waals surface area contributed by atoms with Gasteiger partial charge in [0.15, 0.2) is 0 Å². The summed E-state index contributed by atoms with van der Waals surface area (Å²) in [6.45, 7) is 5.21. The second-order valence-electron chi connectivity index (χ2n) is 5.62. The topological polar surface area (TPSA) is 39.7 Å². The summed E-state index contributed by atoms with van der Waals surface area (Å²) in [7, 11) is 3.37. The SMILES string of the molecule is CCC1CC(NC(C)c2ccc(OC)cc2OC)CCO1. The van der Waals surface area contributed by atoms with Crippen LogP contribution < -0.4 is 14.8 Å². The van der Waals surface area contributed by atoms with E-state index in [0.29, 0.717) is 12.1 Å². The first-order valence-corrected chi connectivity index (χ1v) is 7.77. The van der Waals surface area contributed by atoms with Crippen molar-refractivity contribution in [1.82, 2.24) is 5.32 Å². The minimum atomic E-state index is 0.242. The molecule has 0 aromatic heterocycles. The normalized spacial score (nSPS) is 23.6. The fourth-order valence-electron chi connectivity index (χ4n) is 2.94. The maximum absolute atomic E-state index is 5.74. The lowest BCUT2D eigenvalue weighted by atomic mass is 9.99. The molecule has 0 aliphatic carbocycles. The first-order valence-electron chi connectivity index (χ1n) is 7.77. The number of nitrogens with one attached hydrogen (secondary N) is 1. The van der Waals surface area contributed by atoms with Crippen LogP contribution in [-0.2, 0) is 4.74 Å². The highest BCUT2D eigenvalue weighted by atomic mass is 16.5. The third-order valence-electron chi connectivity index (χ3n) is 4.22. The van der Waals surface area contributed by atoms with Gasteiger partial charge in [-0.1, -0.05) is 13.0 Å². The van der Waals surface area contributed by atoms with Crippen molar-refractivity contribution in [2.45, 2.75) is 51.3 Å². The van der Waals surface area contributed by atoms with Crippen molar-refractivity contribution >= 4 is 0 Å². The van der Waals surface area contributed by atoms with Crippen molar-refractivity contribution in [3.63, 3.8) is 0 Å². The summed E-state index contributed by atoms with van der Waals surface area (Å²) in [6, 6.07) is 6.74. The van der Waals surface area contributed by atoms with E-state index in [1.807, 2.05) is 12.1 Å². The van der Waals surface area contributed by atoms with Crippen molar-refractivity contribution in [2.24, 2.45) is 0 Å². The van der Waals surface area contributed by atoms with Gasteiger partial charge in [-0.15, -0.1) is 0 Å². The Labute approximate surface area is 127 Å². The predicted molar refractivity (Wildman–Crippen MR) is 84.1 cm³/mol. The van der Waals surface area contributed by atoms with Crippen LogP contribution in [0.1, 0.15) is 44.7 Å². The van der Waals surface area contributed by atoms with Gasteiger partial charge in [-0.25, -0.2) is 0 Å². The first-order chi connectivity index (χ1) is 10.2. The summed E-state index contributed by atoms with van der Waals surface area (Å²) in [5, 5.41) is 3.71. The van der Waals surface area contributed by atoms with Crippen LogP contribution in [0.2, 0.25) is 0 Å². The zero-order chi connectivity index (χ0) is 15.2. The highest BCUT2D eigenvalue weighted by Crippen LogP contribution is 2.30. The van der Waals surface area contributed by atoms with Crippen LogP contribution in [0.15, 0.2) is 18.2 Å². The lowest BCUT2D eigenvalue weighted by Crippen LogP contribution is -2.40. The second-order valence-corrected chi connectivity index (χ2v) is 5.62. The number of hydrogen-bond acceptors (Lipinski definition) is 4. The van der Waals surface area contributed by atoms with Crippen molar-refractivity contribution < 1.29 is 14.2 Å². The van der Waals surface area contributed by atoms with Crippen LogP contribution in [0.3, 0.4) is 0 Å². The van der Waals surface area contributed by atoms with Crippen molar-refractivity contribution in [3.8, 4) is 11.5 Å². The van der Waals surface area contributed by atoms with E-state index in [1.165, 1.54) is 0 Å². The molecule has 4 heteroatoms. The molecule has 1 aromatic carbocycles. The minimum Gasteiger partial charge on any atom is -0.497 e. The van der Waals surface area contributed by atoms with Crippen LogP contribution in [0.25, 0.3) is 0 Å². The highest BCUT2D eigenvalue weighted by molar-refractivity contribution is 5.42. The molecule has 1 N–H and O–H groups in total. The summed E-state index contributed by atoms with van der Waals surface area (Å²) >= 11 is 0. The van der Waals surface area contributed by atoms with E-state index in [2.05, 4.69) is 25.2 Å². The molecule has 0 saturated carbocycles. The van der Waals surface area contributed by atoms with E-state index < -0.39 is 0 Å². The lowest BCUT2D eigenvalue weighted by molar-refractivity contribution is -0.00168. The molecule has 3 unspecified atom stereocenters. The number of hydrogen-bond donors (Lipinski definition) is 1. The molecular formula is C17H27NO3. The van der Waals surface area contributed by atoms with E-state index in [9.17, 15) is 0 Å². The molecule has 0 spiro atoms. The fourth-order valence-corrected chi connectivity index (χ4v) is 2.94. The number of benzene rings is 1. The Hall–Kier alpha value is -1.26. The lowest BCUT2D eigenvalue weighted by Gasteiger charge is -2.32. The molecule has 118 valence electrons. The molecule has 2 rings (SSSR count). The number of rotatable bonds is 6. The quantitative estimate of drug-likeness (QED) is 0.873. The number of ether oxygens (including phenoxy) is 3. The Morgan fingerprint density at radius 1 is 1.33 bits per heavy atom. The van der Waals surface area contributed by atoms with Crippen molar-refractivity contribution in [1.29, 1.82) is 0 Å². The van der Waals surface area contributed by atoms with Gasteiger partial charge < -0.3 is 19.5 Å². The molecule has 1 aliphatic heterocycles. The van der Waals surface area contributed by atoms with Crippen LogP contribution in [0.5, 0.6) is 11.5 Å². The Kier molecular flexibility index (Phi) is 5.88. The fraction of sp³-hybridized carbons (Fsp3) is 0.647. The van der Waals surface area contributed by atoms with E-state index in [4.69, 9.17) is 14.2 Å². The minimum absolute atomic E-state index is 0.242. The van der Waals surface area contributed by atoms with Crippen molar-refractivity contribution in [3.05, 3.63) is 23.8 Å². The molecule has 1 aromatic rings. The monoisotopic (exact) mass is 293 g/mol. The van der Waals surface area contributed by atoms with Crippen LogP contribution in [0, 0.1) is 0 Å². The molecule has 1 fully saturated rings. The van der Waals surface area contributed by atoms with Gasteiger partial charge >= 0.3 is 0 Å². The summed E-state index contributed by atoms with van der Waals surface area (Å²) in [6.07, 6.45) is 3.62. The summed E-state index contributed by atoms with van der Waals surface area (Å²) in [5.74, 6) is 1.69. The molecule has 4 nitrogen and oxygen atoms in total. The predicted octanol–water partition coefficient (Wildman–Crippen LogP) is 3.31. The zero-order valence-electron chi connectivity index (χ0n) is 13.5. The molecule has 1 saturated heterocycles. The third kappa shape index (κ3) is 4.11. The van der Waals surface area contributed by atoms with Crippen LogP contribution in [0.4, 0.5) is 0 Å². The molecule has 21 heavy (non-hydrogen) atoms. The summed E-state index contributed by atoms with van der Waals surface area (Å²) < 4.78 is 16.5. The summed E-state index contributed by atoms with van der Waals surface area (Å²) in [5.41, 5.74) is 1.16. The zero-order valence-corrected chi connectivity index (χ0v) is 13.5. The van der Waals surface area contributed by atoms with E-state index >= 15 is 0 Å². The van der Waals surface area contributed by atoms with E-state index in [-0.39, 0.29) is 6.04 Å². The van der Waals surface area contributed by atoms with Gasteiger partial charge in [0, 0.05) is 30.3 Å². The van der Waals surface area contributed by atoms with Gasteiger partial charge in [0.05, 0.1) is 20.3 Å². The van der Waals surface area contributed by atoms with Gasteiger partial charge in [0.25, 0.3) is 0 Å². The van der Waals surface area contributed by atoms with Gasteiger partial charge in [-0.05, 0) is 32.3 Å². The first kappa shape index (κ1) is 16.1. The Bertz CT molecular complexity index is 450. The van der Waals surface area contributed by atoms with Gasteiger partial charge in [0.2, 0.25) is 0 Å². The molecule has 1 aliphatic rings. The summed E-state index contributed by atoms with van der Waals surface area (Å²) in [4.78, 5) is 0. The molecule has 0 amide bonds. The van der Waals surface area contributed by atoms with Crippen LogP contribution in [-0.4, -0.2) is 33.0 Å². The smallest absolute Gasteiger partial charge is 0.127 e. The van der Waals surface area contributed by atoms with E-state index in [0.717, 1.165) is 42.9 Å². The van der Waals surface area contributed by atoms with Crippen LogP contribution >= 0.6 is 0 Å². The molecule has 1 heterocycles. The van der Waals surface area contributed by atoms with E-state index in [1.54, 1.807) is 14.2 Å². The Balaban J connectivity index is 2.04. The average molecular weight is 293 g/mol. The second kappa shape index (κ2) is 7.66. The molecule has 3 atom stereocenters. The number of methoxy groups -OCH3 is 2. The van der Waals surface area contributed by atoms with Crippen molar-refractivity contribution in [2.75, 3.05) is 20.8 Å². The van der Waals surface area contributed by atoms with Gasteiger partial charge in [-0.3, -0.25) is 0 Å². The standard InChI is InChI=1S/C17H27NO3/c1-5-14-10-13(8-9-21-14)18-12(2)16-7-6-15(19-3)11-17(16)20-4/h6-7,11-14,18H,5,8-10H2,1-4H3. The average Bonchev–Trinajstić information content (AvgIpc) is 2.54. The molecule has 0 bridgehead atoms.